The molecule has 0 saturated carbocycles. The topological polar surface area (TPSA) is 28.7 Å². The first kappa shape index (κ1) is 8.91. The summed E-state index contributed by atoms with van der Waals surface area (Å²) in [6.45, 7) is 2.11. The van der Waals surface area contributed by atoms with E-state index in [0.29, 0.717) is 0 Å². The molecule has 68 valence electrons. The van der Waals surface area contributed by atoms with Crippen LogP contribution < -0.4 is 0 Å². The lowest BCUT2D eigenvalue weighted by molar-refractivity contribution is 1.34. The fourth-order valence-electron chi connectivity index (χ4n) is 1.20. The quantitative estimate of drug-likeness (QED) is 0.774. The van der Waals surface area contributed by atoms with Crippen molar-refractivity contribution in [2.45, 2.75) is 11.8 Å². The van der Waals surface area contributed by atoms with E-state index < -0.39 is 0 Å². The third kappa shape index (κ3) is 1.67. The van der Waals surface area contributed by atoms with Crippen LogP contribution in [0.3, 0.4) is 0 Å². The average molecular weight is 213 g/mol. The Balaban J connectivity index is 2.56. The number of imidazole rings is 1. The molecule has 1 aromatic carbocycles. The number of hydrogen-bond donors (Lipinski definition) is 1. The molecule has 0 aliphatic heterocycles. The number of rotatable bonds is 2. The summed E-state index contributed by atoms with van der Waals surface area (Å²) < 4.78 is 0. The average Bonchev–Trinajstić information content (AvgIpc) is 2.52. The molecular formula is C9H9ClN2S. The van der Waals surface area contributed by atoms with Gasteiger partial charge in [-0.05, 0) is 17.9 Å². The number of benzene rings is 1. The van der Waals surface area contributed by atoms with E-state index in [0.717, 1.165) is 26.7 Å². The molecule has 1 N–H and O–H groups in total. The molecule has 0 aliphatic rings. The highest BCUT2D eigenvalue weighted by Crippen LogP contribution is 2.29. The smallest absolute Gasteiger partial charge is 0.0931 e. The fraction of sp³-hybridized carbons (Fsp3) is 0.222. The fourth-order valence-corrected chi connectivity index (χ4v) is 2.23. The highest BCUT2D eigenvalue weighted by Gasteiger charge is 2.03. The second-order valence-corrected chi connectivity index (χ2v) is 4.35. The molecule has 0 spiro atoms. The number of nitrogens with zero attached hydrogens (tertiary/aromatic N) is 1. The number of halogens is 1. The molecule has 2 aromatic rings. The predicted octanol–water partition coefficient (Wildman–Crippen LogP) is 3.33. The summed E-state index contributed by atoms with van der Waals surface area (Å²) in [5.74, 6) is 1.02. The van der Waals surface area contributed by atoms with Crippen molar-refractivity contribution in [1.29, 1.82) is 0 Å². The highest BCUT2D eigenvalue weighted by atomic mass is 35.5. The summed E-state index contributed by atoms with van der Waals surface area (Å²) in [4.78, 5) is 8.30. The lowest BCUT2D eigenvalue weighted by Crippen LogP contribution is -1.77. The summed E-state index contributed by atoms with van der Waals surface area (Å²) in [6, 6.07) is 3.93. The minimum Gasteiger partial charge on any atom is -0.345 e. The van der Waals surface area contributed by atoms with Gasteiger partial charge in [0.25, 0.3) is 0 Å². The minimum absolute atomic E-state index is 0.795. The van der Waals surface area contributed by atoms with Crippen LogP contribution in [0.1, 0.15) is 6.92 Å². The third-order valence-electron chi connectivity index (χ3n) is 1.77. The Bertz CT molecular complexity index is 424. The van der Waals surface area contributed by atoms with Crippen molar-refractivity contribution in [3.8, 4) is 0 Å². The first-order valence-corrected chi connectivity index (χ1v) is 5.43. The van der Waals surface area contributed by atoms with Gasteiger partial charge in [0.05, 0.1) is 22.4 Å². The van der Waals surface area contributed by atoms with E-state index in [4.69, 9.17) is 11.6 Å². The highest BCUT2D eigenvalue weighted by molar-refractivity contribution is 7.99. The van der Waals surface area contributed by atoms with Gasteiger partial charge in [-0.1, -0.05) is 18.5 Å². The Morgan fingerprint density at radius 1 is 1.54 bits per heavy atom. The Kier molecular flexibility index (Phi) is 2.47. The van der Waals surface area contributed by atoms with Gasteiger partial charge in [-0.2, -0.15) is 0 Å². The van der Waals surface area contributed by atoms with E-state index in [2.05, 4.69) is 16.9 Å². The van der Waals surface area contributed by atoms with Gasteiger partial charge in [-0.3, -0.25) is 0 Å². The van der Waals surface area contributed by atoms with Gasteiger partial charge >= 0.3 is 0 Å². The number of H-pyrrole nitrogens is 1. The molecule has 13 heavy (non-hydrogen) atoms. The second kappa shape index (κ2) is 3.60. The summed E-state index contributed by atoms with van der Waals surface area (Å²) in [5, 5.41) is 0.795. The maximum Gasteiger partial charge on any atom is 0.0931 e. The zero-order valence-electron chi connectivity index (χ0n) is 7.17. The second-order valence-electron chi connectivity index (χ2n) is 2.64. The summed E-state index contributed by atoms with van der Waals surface area (Å²) in [6.07, 6.45) is 1.68. The van der Waals surface area contributed by atoms with Gasteiger partial charge in [0.15, 0.2) is 0 Å². The van der Waals surface area contributed by atoms with Gasteiger partial charge < -0.3 is 4.98 Å². The minimum atomic E-state index is 0.795. The largest absolute Gasteiger partial charge is 0.345 e. The number of thioether (sulfide) groups is 1. The van der Waals surface area contributed by atoms with Crippen molar-refractivity contribution in [2.24, 2.45) is 0 Å². The van der Waals surface area contributed by atoms with Crippen LogP contribution in [0.25, 0.3) is 11.0 Å². The van der Waals surface area contributed by atoms with E-state index in [9.17, 15) is 0 Å². The van der Waals surface area contributed by atoms with Crippen LogP contribution in [0.4, 0.5) is 0 Å². The first-order chi connectivity index (χ1) is 6.31. The van der Waals surface area contributed by atoms with E-state index in [1.54, 1.807) is 18.1 Å². The van der Waals surface area contributed by atoms with Gasteiger partial charge in [0, 0.05) is 4.90 Å². The van der Waals surface area contributed by atoms with Crippen molar-refractivity contribution in [3.63, 3.8) is 0 Å². The van der Waals surface area contributed by atoms with Crippen LogP contribution in [0, 0.1) is 0 Å². The maximum atomic E-state index is 6.07. The van der Waals surface area contributed by atoms with E-state index >= 15 is 0 Å². The maximum absolute atomic E-state index is 6.07. The van der Waals surface area contributed by atoms with E-state index in [1.807, 2.05) is 12.1 Å². The molecule has 0 unspecified atom stereocenters. The first-order valence-electron chi connectivity index (χ1n) is 4.06. The Morgan fingerprint density at radius 3 is 3.15 bits per heavy atom. The zero-order chi connectivity index (χ0) is 9.26. The summed E-state index contributed by atoms with van der Waals surface area (Å²) in [5.41, 5.74) is 1.96. The molecule has 2 rings (SSSR count). The Hall–Kier alpha value is -0.670. The normalized spacial score (nSPS) is 10.9. The lowest BCUT2D eigenvalue weighted by Gasteiger charge is -2.00. The molecule has 0 fully saturated rings. The molecule has 4 heteroatoms. The third-order valence-corrected chi connectivity index (χ3v) is 3.14. The van der Waals surface area contributed by atoms with Gasteiger partial charge in [0.2, 0.25) is 0 Å². The van der Waals surface area contributed by atoms with E-state index in [-0.39, 0.29) is 0 Å². The number of hydrogen-bond acceptors (Lipinski definition) is 2. The van der Waals surface area contributed by atoms with Crippen molar-refractivity contribution in [2.75, 3.05) is 5.75 Å². The van der Waals surface area contributed by atoms with Gasteiger partial charge in [-0.15, -0.1) is 11.8 Å². The SMILES string of the molecule is CCSc1cc2nc[nH]c2cc1Cl. The Labute approximate surface area is 85.7 Å². The number of aromatic nitrogens is 2. The van der Waals surface area contributed by atoms with Crippen LogP contribution in [-0.2, 0) is 0 Å². The van der Waals surface area contributed by atoms with Crippen molar-refractivity contribution in [3.05, 3.63) is 23.5 Å². The number of fused-ring (bicyclic) bond motifs is 1. The van der Waals surface area contributed by atoms with Gasteiger partial charge in [-0.25, -0.2) is 4.98 Å². The lowest BCUT2D eigenvalue weighted by atomic mass is 10.3. The number of nitrogens with one attached hydrogen (secondary N) is 1. The van der Waals surface area contributed by atoms with Crippen LogP contribution >= 0.6 is 23.4 Å². The molecule has 0 amide bonds. The molecule has 0 bridgehead atoms. The molecule has 0 atom stereocenters. The molecule has 0 saturated heterocycles. The van der Waals surface area contributed by atoms with Crippen molar-refractivity contribution in [1.82, 2.24) is 9.97 Å². The van der Waals surface area contributed by atoms with Crippen LogP contribution in [0.15, 0.2) is 23.4 Å². The van der Waals surface area contributed by atoms with E-state index in [1.165, 1.54) is 0 Å². The molecule has 1 heterocycles. The molecule has 0 radical (unpaired) electrons. The standard InChI is InChI=1S/C9H9ClN2S/c1-2-13-9-4-8-7(3-6(9)10)11-5-12-8/h3-5H,2H2,1H3,(H,11,12). The van der Waals surface area contributed by atoms with Gasteiger partial charge in [0.1, 0.15) is 0 Å². The van der Waals surface area contributed by atoms with Crippen molar-refractivity contribution >= 4 is 34.4 Å². The summed E-state index contributed by atoms with van der Waals surface area (Å²) in [7, 11) is 0. The number of aromatic amines is 1. The molecule has 1 aromatic heterocycles. The van der Waals surface area contributed by atoms with Crippen LogP contribution in [-0.4, -0.2) is 15.7 Å². The molecule has 2 nitrogen and oxygen atoms in total. The Morgan fingerprint density at radius 2 is 2.38 bits per heavy atom. The zero-order valence-corrected chi connectivity index (χ0v) is 8.75. The predicted molar refractivity (Wildman–Crippen MR) is 57.5 cm³/mol. The monoisotopic (exact) mass is 212 g/mol. The summed E-state index contributed by atoms with van der Waals surface area (Å²) >= 11 is 7.80. The molecular weight excluding hydrogens is 204 g/mol. The molecule has 0 aliphatic carbocycles. The van der Waals surface area contributed by atoms with Crippen LogP contribution in [0.5, 0.6) is 0 Å². The van der Waals surface area contributed by atoms with Crippen molar-refractivity contribution < 1.29 is 0 Å². The van der Waals surface area contributed by atoms with Crippen LogP contribution in [0.2, 0.25) is 5.02 Å².